The first-order valence-electron chi connectivity index (χ1n) is 3.75. The van der Waals surface area contributed by atoms with Crippen LogP contribution in [0.25, 0.3) is 4.98 Å². The van der Waals surface area contributed by atoms with Crippen LogP contribution in [-0.4, -0.2) is 7.25 Å². The van der Waals surface area contributed by atoms with E-state index >= 15 is 0 Å². The highest BCUT2D eigenvalue weighted by Crippen LogP contribution is 2.20. The summed E-state index contributed by atoms with van der Waals surface area (Å²) in [5.74, 6) is 0. The number of rotatable bonds is 1. The Balaban J connectivity index is 0.000000385. The van der Waals surface area contributed by atoms with E-state index in [1.807, 2.05) is 5.40 Å². The lowest BCUT2D eigenvalue weighted by Gasteiger charge is -1.94. The van der Waals surface area contributed by atoms with Crippen molar-refractivity contribution in [3.8, 4) is 5.40 Å². The minimum Gasteiger partial charge on any atom is -0.418 e. The molecule has 0 aliphatic heterocycles. The molecule has 1 aromatic carbocycles. The van der Waals surface area contributed by atoms with Gasteiger partial charge in [-0.1, -0.05) is 0 Å². The van der Waals surface area contributed by atoms with E-state index in [0.29, 0.717) is 5.69 Å². The predicted molar refractivity (Wildman–Crippen MR) is 52.8 cm³/mol. The Morgan fingerprint density at radius 2 is 1.56 bits per heavy atom. The van der Waals surface area contributed by atoms with Crippen molar-refractivity contribution in [2.45, 2.75) is 4.90 Å². The number of hydrogen-bond acceptors (Lipinski definition) is 3. The highest BCUT2D eigenvalue weighted by Gasteiger charge is 2.20. The molecular weight excluding hydrogens is 245 g/mol. The molecule has 0 saturated carbocycles. The summed E-state index contributed by atoms with van der Waals surface area (Å²) in [6.45, 7) is 0. The molecule has 0 radical (unpaired) electrons. The summed E-state index contributed by atoms with van der Waals surface area (Å²) in [4.78, 5) is 3.83. The van der Waals surface area contributed by atoms with Gasteiger partial charge in [0.15, 0.2) is 4.98 Å². The number of thioether (sulfide) groups is 1. The predicted octanol–water partition coefficient (Wildman–Crippen LogP) is 4.04. The smallest absolute Gasteiger partial charge is 0.418 e. The van der Waals surface area contributed by atoms with Gasteiger partial charge in [-0.25, -0.2) is 0 Å². The monoisotopic (exact) mass is 249 g/mol. The SMILES string of the molecule is F[B-](F)(F)F.N#CSc1ccc([N+]#N)cc1. The van der Waals surface area contributed by atoms with Crippen molar-refractivity contribution < 1.29 is 17.3 Å². The average molecular weight is 249 g/mol. The molecular formula is C7H4BF4N3S. The van der Waals surface area contributed by atoms with Gasteiger partial charge in [-0.15, -0.1) is 0 Å². The lowest BCUT2D eigenvalue weighted by molar-refractivity contribution is 0.368. The van der Waals surface area contributed by atoms with Crippen molar-refractivity contribution in [2.75, 3.05) is 0 Å². The summed E-state index contributed by atoms with van der Waals surface area (Å²) < 4.78 is 39.0. The van der Waals surface area contributed by atoms with Crippen LogP contribution in [0.1, 0.15) is 0 Å². The van der Waals surface area contributed by atoms with Gasteiger partial charge in [0.05, 0.1) is 0 Å². The number of thiocyanates is 1. The van der Waals surface area contributed by atoms with Crippen LogP contribution in [0.2, 0.25) is 0 Å². The van der Waals surface area contributed by atoms with Crippen molar-refractivity contribution in [3.63, 3.8) is 0 Å². The summed E-state index contributed by atoms with van der Waals surface area (Å²) in [6, 6.07) is 6.73. The second kappa shape index (κ2) is 6.69. The second-order valence-corrected chi connectivity index (χ2v) is 3.14. The fourth-order valence-corrected chi connectivity index (χ4v) is 1.01. The van der Waals surface area contributed by atoms with Gasteiger partial charge in [0.25, 0.3) is 0 Å². The molecule has 0 spiro atoms. The molecule has 0 N–H and O–H groups in total. The molecule has 0 aliphatic rings. The topological polar surface area (TPSA) is 51.9 Å². The fraction of sp³-hybridized carbons (Fsp3) is 0. The maximum Gasteiger partial charge on any atom is 0.673 e. The molecule has 1 rings (SSSR count). The molecule has 84 valence electrons. The van der Waals surface area contributed by atoms with Gasteiger partial charge in [0.1, 0.15) is 5.40 Å². The van der Waals surface area contributed by atoms with Crippen LogP contribution in [0, 0.1) is 16.1 Å². The van der Waals surface area contributed by atoms with Crippen LogP contribution < -0.4 is 0 Å². The standard InChI is InChI=1S/C7H4N3S.BF4/c8-5-11-7-3-1-6(10-9)2-4-7;2-1(3,4)5/h1-4H;/q+1;-1. The molecule has 0 aromatic heterocycles. The molecule has 0 amide bonds. The molecule has 0 heterocycles. The summed E-state index contributed by atoms with van der Waals surface area (Å²) in [7, 11) is -6.00. The summed E-state index contributed by atoms with van der Waals surface area (Å²) in [5.41, 5.74) is 0.493. The van der Waals surface area contributed by atoms with Gasteiger partial charge >= 0.3 is 12.9 Å². The van der Waals surface area contributed by atoms with E-state index in [0.717, 1.165) is 16.7 Å². The van der Waals surface area contributed by atoms with E-state index < -0.39 is 7.25 Å². The van der Waals surface area contributed by atoms with Crippen molar-refractivity contribution in [1.82, 2.24) is 0 Å². The molecule has 0 unspecified atom stereocenters. The highest BCUT2D eigenvalue weighted by molar-refractivity contribution is 8.03. The first-order chi connectivity index (χ1) is 7.36. The second-order valence-electron chi connectivity index (χ2n) is 2.28. The molecule has 3 nitrogen and oxygen atoms in total. The van der Waals surface area contributed by atoms with Crippen LogP contribution in [0.3, 0.4) is 0 Å². The van der Waals surface area contributed by atoms with E-state index in [1.54, 1.807) is 24.3 Å². The molecule has 0 saturated heterocycles. The zero-order chi connectivity index (χ0) is 12.6. The quantitative estimate of drug-likeness (QED) is 0.248. The van der Waals surface area contributed by atoms with Gasteiger partial charge < -0.3 is 17.3 Å². The minimum absolute atomic E-state index is 0.493. The van der Waals surface area contributed by atoms with Crippen LogP contribution in [0.4, 0.5) is 23.0 Å². The minimum atomic E-state index is -6.00. The Hall–Kier alpha value is -1.74. The maximum absolute atomic E-state index is 9.75. The van der Waals surface area contributed by atoms with Crippen molar-refractivity contribution >= 4 is 24.7 Å². The Labute approximate surface area is 92.8 Å². The highest BCUT2D eigenvalue weighted by atomic mass is 32.2. The normalized spacial score (nSPS) is 9.38. The first-order valence-corrected chi connectivity index (χ1v) is 4.57. The zero-order valence-corrected chi connectivity index (χ0v) is 8.46. The van der Waals surface area contributed by atoms with Crippen LogP contribution >= 0.6 is 11.8 Å². The largest absolute Gasteiger partial charge is 0.673 e. The van der Waals surface area contributed by atoms with E-state index in [-0.39, 0.29) is 0 Å². The average Bonchev–Trinajstić information content (AvgIpc) is 2.17. The third-order valence-corrected chi connectivity index (χ3v) is 1.71. The van der Waals surface area contributed by atoms with Crippen LogP contribution in [-0.2, 0) is 0 Å². The summed E-state index contributed by atoms with van der Waals surface area (Å²) >= 11 is 1.08. The van der Waals surface area contributed by atoms with Crippen LogP contribution in [0.5, 0.6) is 0 Å². The van der Waals surface area contributed by atoms with E-state index in [2.05, 4.69) is 4.98 Å². The summed E-state index contributed by atoms with van der Waals surface area (Å²) in [5, 5.41) is 18.5. The molecule has 9 heteroatoms. The van der Waals surface area contributed by atoms with E-state index in [1.165, 1.54) is 0 Å². The summed E-state index contributed by atoms with van der Waals surface area (Å²) in [6.07, 6.45) is 0. The van der Waals surface area contributed by atoms with Gasteiger partial charge in [0.2, 0.25) is 5.39 Å². The van der Waals surface area contributed by atoms with Gasteiger partial charge in [-0.2, -0.15) is 5.26 Å². The Morgan fingerprint density at radius 1 is 1.12 bits per heavy atom. The third kappa shape index (κ3) is 8.85. The lowest BCUT2D eigenvalue weighted by Crippen LogP contribution is -2.02. The number of nitrogens with zero attached hydrogens (tertiary/aromatic N) is 3. The fourth-order valence-electron chi connectivity index (χ4n) is 0.634. The van der Waals surface area contributed by atoms with Crippen molar-refractivity contribution in [3.05, 3.63) is 29.2 Å². The molecule has 0 atom stereocenters. The third-order valence-electron chi connectivity index (χ3n) is 1.12. The van der Waals surface area contributed by atoms with Crippen LogP contribution in [0.15, 0.2) is 29.2 Å². The molecule has 0 aliphatic carbocycles. The first kappa shape index (κ1) is 14.3. The number of nitriles is 1. The Bertz CT molecular complexity index is 400. The number of benzene rings is 1. The van der Waals surface area contributed by atoms with E-state index in [4.69, 9.17) is 10.7 Å². The van der Waals surface area contributed by atoms with Gasteiger partial charge in [-0.05, 0) is 23.9 Å². The molecule has 16 heavy (non-hydrogen) atoms. The van der Waals surface area contributed by atoms with Gasteiger partial charge in [-0.3, -0.25) is 0 Å². The van der Waals surface area contributed by atoms with Crippen molar-refractivity contribution in [1.29, 1.82) is 10.7 Å². The van der Waals surface area contributed by atoms with E-state index in [9.17, 15) is 17.3 Å². The molecule has 0 bridgehead atoms. The number of halogens is 4. The Morgan fingerprint density at radius 3 is 1.88 bits per heavy atom. The number of diazo groups is 1. The van der Waals surface area contributed by atoms with Gasteiger partial charge in [0, 0.05) is 17.0 Å². The lowest BCUT2D eigenvalue weighted by atomic mass is 10.3. The zero-order valence-electron chi connectivity index (χ0n) is 7.65. The number of hydrogen-bond donors (Lipinski definition) is 0. The maximum atomic E-state index is 9.75. The van der Waals surface area contributed by atoms with Crippen molar-refractivity contribution in [2.24, 2.45) is 0 Å². The Kier molecular flexibility index (Phi) is 5.97. The molecule has 1 aromatic rings. The molecule has 0 fully saturated rings.